The highest BCUT2D eigenvalue weighted by Gasteiger charge is 2.40. The van der Waals surface area contributed by atoms with Gasteiger partial charge in [-0.2, -0.15) is 0 Å². The molecule has 3 nitrogen and oxygen atoms in total. The zero-order valence-electron chi connectivity index (χ0n) is 9.16. The van der Waals surface area contributed by atoms with Crippen molar-refractivity contribution in [2.75, 3.05) is 20.1 Å². The van der Waals surface area contributed by atoms with Gasteiger partial charge < -0.3 is 10.2 Å². The van der Waals surface area contributed by atoms with Crippen molar-refractivity contribution in [3.05, 3.63) is 29.6 Å². The van der Waals surface area contributed by atoms with Gasteiger partial charge in [-0.3, -0.25) is 4.98 Å². The Morgan fingerprint density at radius 2 is 2.20 bits per heavy atom. The summed E-state index contributed by atoms with van der Waals surface area (Å²) in [6, 6.07) is 4.31. The molecule has 1 fully saturated rings. The molecule has 3 heterocycles. The van der Waals surface area contributed by atoms with Crippen LogP contribution in [-0.4, -0.2) is 30.0 Å². The Morgan fingerprint density at radius 3 is 3.00 bits per heavy atom. The van der Waals surface area contributed by atoms with E-state index in [1.54, 1.807) is 0 Å². The Kier molecular flexibility index (Phi) is 2.04. The molecule has 0 aromatic carbocycles. The van der Waals surface area contributed by atoms with Crippen molar-refractivity contribution < 1.29 is 0 Å². The molecule has 2 aliphatic heterocycles. The predicted octanol–water partition coefficient (Wildman–Crippen LogP) is 1.11. The van der Waals surface area contributed by atoms with Gasteiger partial charge >= 0.3 is 0 Å². The van der Waals surface area contributed by atoms with Gasteiger partial charge in [0.1, 0.15) is 0 Å². The molecule has 15 heavy (non-hydrogen) atoms. The number of piperidine rings is 1. The van der Waals surface area contributed by atoms with Gasteiger partial charge in [0.05, 0.1) is 5.69 Å². The molecule has 0 atom stereocenters. The molecule has 0 aliphatic carbocycles. The fraction of sp³-hybridized carbons (Fsp3) is 0.583. The summed E-state index contributed by atoms with van der Waals surface area (Å²) in [5, 5.41) is 3.67. The summed E-state index contributed by atoms with van der Waals surface area (Å²) in [6.07, 6.45) is 4.32. The van der Waals surface area contributed by atoms with Gasteiger partial charge in [-0.1, -0.05) is 6.07 Å². The largest absolute Gasteiger partial charge is 0.306 e. The first-order valence-corrected chi connectivity index (χ1v) is 5.68. The molecule has 1 aromatic rings. The Labute approximate surface area is 90.5 Å². The Balaban J connectivity index is 1.95. The van der Waals surface area contributed by atoms with E-state index in [0.29, 0.717) is 0 Å². The van der Waals surface area contributed by atoms with Crippen LogP contribution in [0.25, 0.3) is 0 Å². The molecule has 3 heteroatoms. The zero-order valence-corrected chi connectivity index (χ0v) is 9.16. The predicted molar refractivity (Wildman–Crippen MR) is 59.5 cm³/mol. The number of hydrogen-bond donors (Lipinski definition) is 1. The molecule has 0 unspecified atom stereocenters. The Morgan fingerprint density at radius 1 is 1.40 bits per heavy atom. The molecular weight excluding hydrogens is 186 g/mol. The van der Waals surface area contributed by atoms with Crippen LogP contribution in [0.4, 0.5) is 0 Å². The molecule has 1 aromatic heterocycles. The number of nitrogens with one attached hydrogen (secondary N) is 1. The van der Waals surface area contributed by atoms with Crippen LogP contribution in [0.3, 0.4) is 0 Å². The Hall–Kier alpha value is -0.930. The standard InChI is InChI=1S/C12H17N3/c1-15-7-4-12(5-8-15)10-3-2-6-13-11(10)9-14-12/h2-3,6,14H,4-5,7-9H2,1H3. The molecular formula is C12H17N3. The number of rotatable bonds is 0. The van der Waals surface area contributed by atoms with E-state index in [1.165, 1.54) is 37.2 Å². The smallest absolute Gasteiger partial charge is 0.0592 e. The first-order valence-electron chi connectivity index (χ1n) is 5.68. The quantitative estimate of drug-likeness (QED) is 0.684. The third kappa shape index (κ3) is 1.38. The first-order chi connectivity index (χ1) is 7.30. The molecule has 3 rings (SSSR count). The van der Waals surface area contributed by atoms with Crippen LogP contribution in [-0.2, 0) is 12.1 Å². The number of nitrogens with zero attached hydrogens (tertiary/aromatic N) is 2. The molecule has 80 valence electrons. The van der Waals surface area contributed by atoms with E-state index in [-0.39, 0.29) is 5.54 Å². The van der Waals surface area contributed by atoms with Crippen molar-refractivity contribution in [3.8, 4) is 0 Å². The lowest BCUT2D eigenvalue weighted by Crippen LogP contribution is -2.46. The van der Waals surface area contributed by atoms with E-state index in [9.17, 15) is 0 Å². The molecule has 0 radical (unpaired) electrons. The molecule has 1 N–H and O–H groups in total. The number of pyridine rings is 1. The van der Waals surface area contributed by atoms with Crippen molar-refractivity contribution in [2.45, 2.75) is 24.9 Å². The van der Waals surface area contributed by atoms with Crippen molar-refractivity contribution in [1.82, 2.24) is 15.2 Å². The van der Waals surface area contributed by atoms with E-state index in [0.717, 1.165) is 6.54 Å². The van der Waals surface area contributed by atoms with Crippen LogP contribution < -0.4 is 5.32 Å². The zero-order chi connectivity index (χ0) is 10.3. The van der Waals surface area contributed by atoms with Crippen molar-refractivity contribution in [2.24, 2.45) is 0 Å². The molecule has 0 bridgehead atoms. The van der Waals surface area contributed by atoms with Crippen molar-refractivity contribution in [3.63, 3.8) is 0 Å². The van der Waals surface area contributed by atoms with E-state index >= 15 is 0 Å². The van der Waals surface area contributed by atoms with Crippen LogP contribution in [0.15, 0.2) is 18.3 Å². The second kappa shape index (κ2) is 3.29. The lowest BCUT2D eigenvalue weighted by molar-refractivity contribution is 0.166. The van der Waals surface area contributed by atoms with Crippen molar-refractivity contribution in [1.29, 1.82) is 0 Å². The van der Waals surface area contributed by atoms with Gasteiger partial charge in [0.25, 0.3) is 0 Å². The molecule has 1 saturated heterocycles. The van der Waals surface area contributed by atoms with Crippen LogP contribution in [0, 0.1) is 0 Å². The molecule has 2 aliphatic rings. The van der Waals surface area contributed by atoms with Crippen LogP contribution in [0.5, 0.6) is 0 Å². The van der Waals surface area contributed by atoms with E-state index < -0.39 is 0 Å². The van der Waals surface area contributed by atoms with Gasteiger partial charge in [-0.15, -0.1) is 0 Å². The highest BCUT2D eigenvalue weighted by Crippen LogP contribution is 2.38. The summed E-state index contributed by atoms with van der Waals surface area (Å²) >= 11 is 0. The number of fused-ring (bicyclic) bond motifs is 2. The monoisotopic (exact) mass is 203 g/mol. The van der Waals surface area contributed by atoms with Gasteiger partial charge in [-0.25, -0.2) is 0 Å². The highest BCUT2D eigenvalue weighted by atomic mass is 15.1. The third-order valence-corrected chi connectivity index (χ3v) is 3.84. The van der Waals surface area contributed by atoms with Gasteiger partial charge in [-0.05, 0) is 44.6 Å². The lowest BCUT2D eigenvalue weighted by atomic mass is 9.83. The lowest BCUT2D eigenvalue weighted by Gasteiger charge is -2.38. The summed E-state index contributed by atoms with van der Waals surface area (Å²) in [4.78, 5) is 6.86. The second-order valence-corrected chi connectivity index (χ2v) is 4.74. The minimum atomic E-state index is 0.232. The summed E-state index contributed by atoms with van der Waals surface area (Å²) in [5.41, 5.74) is 2.93. The normalized spacial score (nSPS) is 24.3. The van der Waals surface area contributed by atoms with E-state index in [4.69, 9.17) is 0 Å². The third-order valence-electron chi connectivity index (χ3n) is 3.84. The molecule has 0 amide bonds. The minimum absolute atomic E-state index is 0.232. The summed E-state index contributed by atoms with van der Waals surface area (Å²) in [5.74, 6) is 0. The van der Waals surface area contributed by atoms with Gasteiger partial charge in [0.15, 0.2) is 0 Å². The fourth-order valence-corrected chi connectivity index (χ4v) is 2.81. The SMILES string of the molecule is CN1CCC2(CC1)NCc1ncccc12. The topological polar surface area (TPSA) is 28.2 Å². The number of aromatic nitrogens is 1. The van der Waals surface area contributed by atoms with Gasteiger partial charge in [0.2, 0.25) is 0 Å². The van der Waals surface area contributed by atoms with Crippen LogP contribution in [0.1, 0.15) is 24.1 Å². The maximum absolute atomic E-state index is 4.45. The summed E-state index contributed by atoms with van der Waals surface area (Å²) in [7, 11) is 2.20. The van der Waals surface area contributed by atoms with Gasteiger partial charge in [0, 0.05) is 18.3 Å². The average Bonchev–Trinajstić information content (AvgIpc) is 2.63. The first kappa shape index (κ1) is 9.31. The van der Waals surface area contributed by atoms with Crippen molar-refractivity contribution >= 4 is 0 Å². The highest BCUT2D eigenvalue weighted by molar-refractivity contribution is 5.33. The summed E-state index contributed by atoms with van der Waals surface area (Å²) < 4.78 is 0. The fourth-order valence-electron chi connectivity index (χ4n) is 2.81. The molecule has 0 saturated carbocycles. The van der Waals surface area contributed by atoms with Crippen LogP contribution in [0.2, 0.25) is 0 Å². The maximum Gasteiger partial charge on any atom is 0.0592 e. The minimum Gasteiger partial charge on any atom is -0.306 e. The average molecular weight is 203 g/mol. The Bertz CT molecular complexity index is 367. The second-order valence-electron chi connectivity index (χ2n) is 4.74. The summed E-state index contributed by atoms with van der Waals surface area (Å²) in [6.45, 7) is 3.31. The molecule has 1 spiro atoms. The number of likely N-dealkylation sites (tertiary alicyclic amines) is 1. The van der Waals surface area contributed by atoms with E-state index in [1.807, 2.05) is 6.20 Å². The maximum atomic E-state index is 4.45. The number of hydrogen-bond acceptors (Lipinski definition) is 3. The van der Waals surface area contributed by atoms with Crippen LogP contribution >= 0.6 is 0 Å². The van der Waals surface area contributed by atoms with E-state index in [2.05, 4.69) is 34.4 Å².